The van der Waals surface area contributed by atoms with Crippen molar-refractivity contribution in [1.82, 2.24) is 10.3 Å². The molecule has 0 aliphatic heterocycles. The third-order valence-electron chi connectivity index (χ3n) is 1.50. The molecule has 82 valence electrons. The molecule has 1 amide bonds. The molecule has 0 saturated carbocycles. The van der Waals surface area contributed by atoms with E-state index in [2.05, 4.69) is 4.98 Å². The largest absolute Gasteiger partial charge is 0.405 e. The van der Waals surface area contributed by atoms with Gasteiger partial charge in [-0.2, -0.15) is 13.2 Å². The van der Waals surface area contributed by atoms with Crippen LogP contribution < -0.4 is 11.1 Å². The maximum Gasteiger partial charge on any atom is 0.405 e. The van der Waals surface area contributed by atoms with Crippen molar-refractivity contribution in [1.29, 1.82) is 0 Å². The van der Waals surface area contributed by atoms with E-state index in [9.17, 15) is 18.0 Å². The molecule has 15 heavy (non-hydrogen) atoms. The predicted octanol–water partition coefficient (Wildman–Crippen LogP) is 0.956. The highest BCUT2D eigenvalue weighted by atomic mass is 19.4. The van der Waals surface area contributed by atoms with Gasteiger partial charge in [0.2, 0.25) is 0 Å². The van der Waals surface area contributed by atoms with E-state index in [0.717, 1.165) is 0 Å². The first-order valence-electron chi connectivity index (χ1n) is 3.95. The summed E-state index contributed by atoms with van der Waals surface area (Å²) in [6.07, 6.45) is -3.17. The molecule has 0 bridgehead atoms. The molecular formula is C8H8F3N3O. The highest BCUT2D eigenvalue weighted by Crippen LogP contribution is 2.13. The van der Waals surface area contributed by atoms with Crippen LogP contribution in [0.3, 0.4) is 0 Å². The van der Waals surface area contributed by atoms with Crippen molar-refractivity contribution in [2.24, 2.45) is 0 Å². The quantitative estimate of drug-likeness (QED) is 0.778. The fourth-order valence-electron chi connectivity index (χ4n) is 0.872. The number of alkyl halides is 3. The summed E-state index contributed by atoms with van der Waals surface area (Å²) in [6, 6.07) is 2.87. The highest BCUT2D eigenvalue weighted by Gasteiger charge is 2.28. The molecule has 3 N–H and O–H groups in total. The van der Waals surface area contributed by atoms with Gasteiger partial charge in [0.15, 0.2) is 5.69 Å². The summed E-state index contributed by atoms with van der Waals surface area (Å²) in [6.45, 7) is -1.40. The number of nitrogens with two attached hydrogens (primary N) is 1. The zero-order valence-corrected chi connectivity index (χ0v) is 7.51. The van der Waals surface area contributed by atoms with E-state index in [1.54, 1.807) is 5.32 Å². The van der Waals surface area contributed by atoms with Gasteiger partial charge in [0.1, 0.15) is 6.54 Å². The van der Waals surface area contributed by atoms with Gasteiger partial charge in [-0.05, 0) is 12.1 Å². The van der Waals surface area contributed by atoms with Crippen LogP contribution in [-0.4, -0.2) is 23.6 Å². The topological polar surface area (TPSA) is 68.0 Å². The van der Waals surface area contributed by atoms with Gasteiger partial charge in [0, 0.05) is 6.20 Å². The van der Waals surface area contributed by atoms with Crippen LogP contribution in [0.1, 0.15) is 10.5 Å². The van der Waals surface area contributed by atoms with Crippen molar-refractivity contribution in [2.45, 2.75) is 6.18 Å². The number of amides is 1. The summed E-state index contributed by atoms with van der Waals surface area (Å²) in [5, 5.41) is 1.67. The van der Waals surface area contributed by atoms with Gasteiger partial charge in [-0.1, -0.05) is 0 Å². The maximum absolute atomic E-state index is 11.8. The number of pyridine rings is 1. The van der Waals surface area contributed by atoms with Crippen molar-refractivity contribution in [3.8, 4) is 0 Å². The second kappa shape index (κ2) is 4.16. The van der Waals surface area contributed by atoms with Crippen LogP contribution in [0.15, 0.2) is 18.3 Å². The van der Waals surface area contributed by atoms with Crippen LogP contribution in [-0.2, 0) is 0 Å². The summed E-state index contributed by atoms with van der Waals surface area (Å²) in [5.41, 5.74) is 5.19. The average molecular weight is 219 g/mol. The maximum atomic E-state index is 11.8. The fraction of sp³-hybridized carbons (Fsp3) is 0.250. The van der Waals surface area contributed by atoms with E-state index in [1.165, 1.54) is 18.3 Å². The minimum Gasteiger partial charge on any atom is -0.397 e. The van der Waals surface area contributed by atoms with Gasteiger partial charge in [0.25, 0.3) is 5.91 Å². The standard InChI is InChI=1S/C8H8F3N3O/c9-8(10,11)4-14-7(15)6-5(12)2-1-3-13-6/h1-3H,4,12H2,(H,14,15). The summed E-state index contributed by atoms with van der Waals surface area (Å²) in [5.74, 6) is -0.939. The Bertz CT molecular complexity index is 364. The molecule has 0 aromatic carbocycles. The Labute approximate surface area is 83.3 Å². The average Bonchev–Trinajstić information content (AvgIpc) is 2.14. The normalized spacial score (nSPS) is 11.1. The fourth-order valence-corrected chi connectivity index (χ4v) is 0.872. The number of hydrogen-bond donors (Lipinski definition) is 2. The number of halogens is 3. The van der Waals surface area contributed by atoms with Crippen LogP contribution in [0.2, 0.25) is 0 Å². The Morgan fingerprint density at radius 2 is 2.20 bits per heavy atom. The predicted molar refractivity (Wildman–Crippen MR) is 47.0 cm³/mol. The molecule has 1 heterocycles. The summed E-state index contributed by atoms with van der Waals surface area (Å²) in [4.78, 5) is 14.7. The van der Waals surface area contributed by atoms with Crippen molar-refractivity contribution in [3.63, 3.8) is 0 Å². The molecule has 0 aliphatic rings. The second-order valence-electron chi connectivity index (χ2n) is 2.74. The van der Waals surface area contributed by atoms with E-state index in [1.807, 2.05) is 0 Å². The van der Waals surface area contributed by atoms with Crippen LogP contribution >= 0.6 is 0 Å². The molecule has 1 aromatic heterocycles. The highest BCUT2D eigenvalue weighted by molar-refractivity contribution is 5.96. The number of aromatic nitrogens is 1. The van der Waals surface area contributed by atoms with Gasteiger partial charge < -0.3 is 11.1 Å². The lowest BCUT2D eigenvalue weighted by molar-refractivity contribution is -0.123. The molecule has 0 aliphatic carbocycles. The second-order valence-corrected chi connectivity index (χ2v) is 2.74. The molecule has 1 rings (SSSR count). The number of rotatable bonds is 2. The van der Waals surface area contributed by atoms with E-state index in [0.29, 0.717) is 0 Å². The zero-order valence-electron chi connectivity index (χ0n) is 7.51. The first-order valence-corrected chi connectivity index (χ1v) is 3.95. The first-order chi connectivity index (χ1) is 6.90. The third kappa shape index (κ3) is 3.45. The molecule has 0 spiro atoms. The Morgan fingerprint density at radius 3 is 2.73 bits per heavy atom. The molecule has 0 atom stereocenters. The van der Waals surface area contributed by atoms with Gasteiger partial charge in [-0.15, -0.1) is 0 Å². The molecule has 4 nitrogen and oxygen atoms in total. The lowest BCUT2D eigenvalue weighted by atomic mass is 10.3. The number of nitrogen functional groups attached to an aromatic ring is 1. The van der Waals surface area contributed by atoms with Gasteiger partial charge in [-0.3, -0.25) is 4.79 Å². The lowest BCUT2D eigenvalue weighted by Gasteiger charge is -2.08. The Kier molecular flexibility index (Phi) is 3.13. The van der Waals surface area contributed by atoms with Crippen LogP contribution in [0.5, 0.6) is 0 Å². The molecule has 0 saturated heterocycles. The molecule has 0 fully saturated rings. The number of nitrogens with one attached hydrogen (secondary N) is 1. The Balaban J connectivity index is 2.66. The lowest BCUT2D eigenvalue weighted by Crippen LogP contribution is -2.34. The third-order valence-corrected chi connectivity index (χ3v) is 1.50. The molecule has 1 aromatic rings. The summed E-state index contributed by atoms with van der Waals surface area (Å²) in [7, 11) is 0. The summed E-state index contributed by atoms with van der Waals surface area (Å²) >= 11 is 0. The Morgan fingerprint density at radius 1 is 1.53 bits per heavy atom. The molecule has 0 unspecified atom stereocenters. The number of carbonyl (C=O) groups is 1. The SMILES string of the molecule is Nc1cccnc1C(=O)NCC(F)(F)F. The van der Waals surface area contributed by atoms with E-state index in [4.69, 9.17) is 5.73 Å². The number of carbonyl (C=O) groups excluding carboxylic acids is 1. The van der Waals surface area contributed by atoms with Crippen molar-refractivity contribution >= 4 is 11.6 Å². The van der Waals surface area contributed by atoms with E-state index in [-0.39, 0.29) is 11.4 Å². The minimum absolute atomic E-state index is 0.0391. The monoisotopic (exact) mass is 219 g/mol. The van der Waals surface area contributed by atoms with Gasteiger partial charge >= 0.3 is 6.18 Å². The van der Waals surface area contributed by atoms with Crippen LogP contribution in [0, 0.1) is 0 Å². The zero-order chi connectivity index (χ0) is 11.5. The Hall–Kier alpha value is -1.79. The molecular weight excluding hydrogens is 211 g/mol. The van der Waals surface area contributed by atoms with Crippen LogP contribution in [0.4, 0.5) is 18.9 Å². The number of hydrogen-bond acceptors (Lipinski definition) is 3. The van der Waals surface area contributed by atoms with Crippen LogP contribution in [0.25, 0.3) is 0 Å². The van der Waals surface area contributed by atoms with Crippen molar-refractivity contribution < 1.29 is 18.0 Å². The minimum atomic E-state index is -4.45. The van der Waals surface area contributed by atoms with Crippen molar-refractivity contribution in [2.75, 3.05) is 12.3 Å². The smallest absolute Gasteiger partial charge is 0.397 e. The molecule has 7 heteroatoms. The first kappa shape index (κ1) is 11.3. The van der Waals surface area contributed by atoms with E-state index < -0.39 is 18.6 Å². The van der Waals surface area contributed by atoms with Crippen molar-refractivity contribution in [3.05, 3.63) is 24.0 Å². The number of anilines is 1. The van der Waals surface area contributed by atoms with Gasteiger partial charge in [0.05, 0.1) is 5.69 Å². The number of nitrogens with zero attached hydrogens (tertiary/aromatic N) is 1. The van der Waals surface area contributed by atoms with E-state index >= 15 is 0 Å². The summed E-state index contributed by atoms with van der Waals surface area (Å²) < 4.78 is 35.3. The molecule has 0 radical (unpaired) electrons. The van der Waals surface area contributed by atoms with Gasteiger partial charge in [-0.25, -0.2) is 4.98 Å².